The molecule has 0 fully saturated rings. The van der Waals surface area contributed by atoms with Crippen molar-refractivity contribution in [1.82, 2.24) is 20.9 Å². The fraction of sp³-hybridized carbons (Fsp3) is 0.350. The number of fused-ring (bicyclic) bond motifs is 1. The van der Waals surface area contributed by atoms with Crippen molar-refractivity contribution in [3.63, 3.8) is 0 Å². The summed E-state index contributed by atoms with van der Waals surface area (Å²) >= 11 is 0. The Bertz CT molecular complexity index is 1020. The first kappa shape index (κ1) is 24.3. The van der Waals surface area contributed by atoms with E-state index in [0.29, 0.717) is 5.56 Å². The zero-order valence-electron chi connectivity index (χ0n) is 17.4. The largest absolute Gasteiger partial charge is 0.480 e. The van der Waals surface area contributed by atoms with E-state index in [1.54, 1.807) is 6.20 Å². The number of rotatable bonds is 11. The number of carbonyl (C=O) groups is 5. The smallest absolute Gasteiger partial charge is 0.326 e. The van der Waals surface area contributed by atoms with Crippen molar-refractivity contribution in [2.75, 3.05) is 6.54 Å². The standard InChI is InChI=1S/C20H26N6O6/c1-10(24-17(28)8-21)18(29)25-14(19(30)26-15(20(31)32)7-16(22)27)6-11-9-23-13-5-3-2-4-12(11)13/h2-5,9-10,14-15,23H,6-8,21H2,1H3,(H2,22,27)(H,24,28)(H,25,29)(H,26,30)(H,31,32). The number of primary amides is 1. The zero-order valence-corrected chi connectivity index (χ0v) is 17.4. The van der Waals surface area contributed by atoms with E-state index in [-0.39, 0.29) is 13.0 Å². The number of carboxylic acid groups (broad SMARTS) is 1. The molecule has 12 heteroatoms. The van der Waals surface area contributed by atoms with Crippen molar-refractivity contribution in [3.05, 3.63) is 36.0 Å². The van der Waals surface area contributed by atoms with E-state index in [4.69, 9.17) is 11.5 Å². The second kappa shape index (κ2) is 10.9. The number of nitrogens with two attached hydrogens (primary N) is 2. The van der Waals surface area contributed by atoms with Gasteiger partial charge in [0.25, 0.3) is 0 Å². The van der Waals surface area contributed by atoms with E-state index in [1.807, 2.05) is 24.3 Å². The first-order valence-corrected chi connectivity index (χ1v) is 9.78. The number of hydrogen-bond donors (Lipinski definition) is 7. The molecular weight excluding hydrogens is 420 g/mol. The number of carbonyl (C=O) groups excluding carboxylic acids is 4. The predicted molar refractivity (Wildman–Crippen MR) is 114 cm³/mol. The average molecular weight is 446 g/mol. The van der Waals surface area contributed by atoms with Crippen LogP contribution in [0.3, 0.4) is 0 Å². The molecule has 3 atom stereocenters. The molecule has 3 unspecified atom stereocenters. The van der Waals surface area contributed by atoms with Crippen LogP contribution in [0.1, 0.15) is 18.9 Å². The fourth-order valence-corrected chi connectivity index (χ4v) is 3.07. The van der Waals surface area contributed by atoms with Crippen LogP contribution in [-0.4, -0.2) is 64.4 Å². The molecule has 0 bridgehead atoms. The third kappa shape index (κ3) is 6.54. The van der Waals surface area contributed by atoms with Gasteiger partial charge in [0, 0.05) is 23.5 Å². The molecule has 0 spiro atoms. The summed E-state index contributed by atoms with van der Waals surface area (Å²) in [5, 5.41) is 17.2. The summed E-state index contributed by atoms with van der Waals surface area (Å²) < 4.78 is 0. The molecule has 2 aromatic rings. The number of nitrogens with one attached hydrogen (secondary N) is 4. The minimum atomic E-state index is -1.56. The Hall–Kier alpha value is -3.93. The maximum absolute atomic E-state index is 12.9. The summed E-state index contributed by atoms with van der Waals surface area (Å²) in [5.74, 6) is -4.41. The number of carboxylic acids is 1. The van der Waals surface area contributed by atoms with Crippen LogP contribution in [0, 0.1) is 0 Å². The van der Waals surface area contributed by atoms with Gasteiger partial charge in [0.15, 0.2) is 0 Å². The Balaban J connectivity index is 2.25. The van der Waals surface area contributed by atoms with E-state index >= 15 is 0 Å². The lowest BCUT2D eigenvalue weighted by atomic mass is 10.0. The summed E-state index contributed by atoms with van der Waals surface area (Å²) in [6.45, 7) is 1.10. The molecule has 0 aliphatic heterocycles. The molecule has 32 heavy (non-hydrogen) atoms. The molecule has 172 valence electrons. The van der Waals surface area contributed by atoms with Crippen molar-refractivity contribution < 1.29 is 29.1 Å². The average Bonchev–Trinajstić information content (AvgIpc) is 3.14. The third-order valence-corrected chi connectivity index (χ3v) is 4.71. The summed E-state index contributed by atoms with van der Waals surface area (Å²) in [6.07, 6.45) is 1.08. The highest BCUT2D eigenvalue weighted by Gasteiger charge is 2.29. The molecule has 0 aliphatic carbocycles. The van der Waals surface area contributed by atoms with Gasteiger partial charge in [-0.15, -0.1) is 0 Å². The van der Waals surface area contributed by atoms with Gasteiger partial charge < -0.3 is 37.5 Å². The number of para-hydroxylation sites is 1. The van der Waals surface area contributed by atoms with Gasteiger partial charge in [-0.2, -0.15) is 0 Å². The second-order valence-electron chi connectivity index (χ2n) is 7.19. The van der Waals surface area contributed by atoms with E-state index in [0.717, 1.165) is 10.9 Å². The van der Waals surface area contributed by atoms with Gasteiger partial charge in [-0.3, -0.25) is 19.2 Å². The SMILES string of the molecule is CC(NC(=O)CN)C(=O)NC(Cc1c[nH]c2ccccc12)C(=O)NC(CC(N)=O)C(=O)O. The number of aromatic amines is 1. The van der Waals surface area contributed by atoms with Crippen molar-refractivity contribution in [2.24, 2.45) is 11.5 Å². The first-order valence-electron chi connectivity index (χ1n) is 9.78. The van der Waals surface area contributed by atoms with Gasteiger partial charge in [-0.1, -0.05) is 18.2 Å². The van der Waals surface area contributed by atoms with Gasteiger partial charge in [0.1, 0.15) is 18.1 Å². The van der Waals surface area contributed by atoms with Crippen LogP contribution >= 0.6 is 0 Å². The summed E-state index contributed by atoms with van der Waals surface area (Å²) in [6, 6.07) is 3.55. The van der Waals surface area contributed by atoms with Crippen molar-refractivity contribution in [2.45, 2.75) is 37.9 Å². The first-order chi connectivity index (χ1) is 15.1. The van der Waals surface area contributed by atoms with Crippen LogP contribution < -0.4 is 27.4 Å². The van der Waals surface area contributed by atoms with E-state index in [2.05, 4.69) is 20.9 Å². The topological polar surface area (TPSA) is 209 Å². The molecule has 1 aromatic heterocycles. The van der Waals surface area contributed by atoms with E-state index in [9.17, 15) is 29.1 Å². The molecule has 1 aromatic carbocycles. The highest BCUT2D eigenvalue weighted by Crippen LogP contribution is 2.19. The summed E-state index contributed by atoms with van der Waals surface area (Å²) in [4.78, 5) is 62.5. The Morgan fingerprint density at radius 3 is 2.31 bits per heavy atom. The maximum atomic E-state index is 12.9. The Morgan fingerprint density at radius 2 is 1.69 bits per heavy atom. The minimum Gasteiger partial charge on any atom is -0.480 e. The van der Waals surface area contributed by atoms with Gasteiger partial charge in [-0.05, 0) is 18.6 Å². The van der Waals surface area contributed by atoms with Gasteiger partial charge in [0.05, 0.1) is 13.0 Å². The Kier molecular flexibility index (Phi) is 8.30. The number of benzene rings is 1. The quantitative estimate of drug-likeness (QED) is 0.208. The Morgan fingerprint density at radius 1 is 1.03 bits per heavy atom. The van der Waals surface area contributed by atoms with Crippen molar-refractivity contribution >= 4 is 40.5 Å². The van der Waals surface area contributed by atoms with Gasteiger partial charge >= 0.3 is 5.97 Å². The van der Waals surface area contributed by atoms with Gasteiger partial charge in [-0.25, -0.2) is 4.79 Å². The number of amides is 4. The fourth-order valence-electron chi connectivity index (χ4n) is 3.07. The van der Waals surface area contributed by atoms with Crippen molar-refractivity contribution in [3.8, 4) is 0 Å². The number of H-pyrrole nitrogens is 1. The second-order valence-corrected chi connectivity index (χ2v) is 7.19. The lowest BCUT2D eigenvalue weighted by molar-refractivity contribution is -0.143. The lowest BCUT2D eigenvalue weighted by Gasteiger charge is -2.23. The number of aromatic nitrogens is 1. The van der Waals surface area contributed by atoms with Crippen molar-refractivity contribution in [1.29, 1.82) is 0 Å². The van der Waals surface area contributed by atoms with Crippen LogP contribution in [-0.2, 0) is 30.4 Å². The summed E-state index contributed by atoms with van der Waals surface area (Å²) in [5.41, 5.74) is 11.8. The molecule has 1 heterocycles. The normalized spacial score (nSPS) is 13.6. The molecule has 2 rings (SSSR count). The molecule has 9 N–H and O–H groups in total. The van der Waals surface area contributed by atoms with E-state index in [1.165, 1.54) is 6.92 Å². The number of aliphatic carboxylic acids is 1. The molecule has 0 saturated heterocycles. The van der Waals surface area contributed by atoms with E-state index < -0.39 is 54.1 Å². The lowest BCUT2D eigenvalue weighted by Crippen LogP contribution is -2.56. The molecule has 0 radical (unpaired) electrons. The van der Waals surface area contributed by atoms with Crippen LogP contribution in [0.25, 0.3) is 10.9 Å². The molecule has 0 saturated carbocycles. The molecular formula is C20H26N6O6. The molecule has 0 aliphatic rings. The van der Waals surface area contributed by atoms with Crippen LogP contribution in [0.2, 0.25) is 0 Å². The van der Waals surface area contributed by atoms with Crippen LogP contribution in [0.5, 0.6) is 0 Å². The zero-order chi connectivity index (χ0) is 23.8. The maximum Gasteiger partial charge on any atom is 0.326 e. The highest BCUT2D eigenvalue weighted by atomic mass is 16.4. The molecule has 12 nitrogen and oxygen atoms in total. The number of hydrogen-bond acceptors (Lipinski definition) is 6. The molecule has 4 amide bonds. The minimum absolute atomic E-state index is 0.0159. The monoisotopic (exact) mass is 446 g/mol. The van der Waals surface area contributed by atoms with Crippen LogP contribution in [0.4, 0.5) is 0 Å². The highest BCUT2D eigenvalue weighted by molar-refractivity contribution is 5.95. The van der Waals surface area contributed by atoms with Crippen LogP contribution in [0.15, 0.2) is 30.5 Å². The Labute approximate surface area is 183 Å². The van der Waals surface area contributed by atoms with Gasteiger partial charge in [0.2, 0.25) is 23.6 Å². The summed E-state index contributed by atoms with van der Waals surface area (Å²) in [7, 11) is 0. The third-order valence-electron chi connectivity index (χ3n) is 4.71. The predicted octanol–water partition coefficient (Wildman–Crippen LogP) is -1.90.